The molecule has 32 heavy (non-hydrogen) atoms. The number of carbonyl (C=O) groups is 2. The minimum absolute atomic E-state index is 0.260. The number of anilines is 1. The molecule has 2 aliphatic rings. The van der Waals surface area contributed by atoms with Gasteiger partial charge in [0.25, 0.3) is 5.91 Å². The Morgan fingerprint density at radius 1 is 1.25 bits per heavy atom. The highest BCUT2D eigenvalue weighted by atomic mass is 16.6. The standard InChI is InChI=1S/C24H28N4O4/c1-2-31-23(30)28-12-10-24(11-13-28)14-19(17-7-3-4-9-20(17)32-24)27-22(29)18-8-5-6-16(15-25)21(18)26/h3-9,15,19,25H,2,10-14,26H2,1H3,(H,27,29). The molecule has 2 amide bonds. The first kappa shape index (κ1) is 21.7. The van der Waals surface area contributed by atoms with Crippen LogP contribution in [0.4, 0.5) is 10.5 Å². The van der Waals surface area contributed by atoms with Crippen molar-refractivity contribution in [3.05, 3.63) is 59.2 Å². The van der Waals surface area contributed by atoms with E-state index in [9.17, 15) is 9.59 Å². The summed E-state index contributed by atoms with van der Waals surface area (Å²) in [6, 6.07) is 12.5. The van der Waals surface area contributed by atoms with Gasteiger partial charge in [0.2, 0.25) is 0 Å². The summed E-state index contributed by atoms with van der Waals surface area (Å²) in [5.74, 6) is 0.460. The lowest BCUT2D eigenvalue weighted by atomic mass is 9.80. The average molecular weight is 437 g/mol. The van der Waals surface area contributed by atoms with Gasteiger partial charge in [0, 0.05) is 49.7 Å². The molecule has 1 unspecified atom stereocenters. The van der Waals surface area contributed by atoms with Crippen LogP contribution >= 0.6 is 0 Å². The normalized spacial score (nSPS) is 18.9. The number of nitrogens with zero attached hydrogens (tertiary/aromatic N) is 1. The molecule has 0 bridgehead atoms. The van der Waals surface area contributed by atoms with Crippen LogP contribution in [0, 0.1) is 5.41 Å². The summed E-state index contributed by atoms with van der Waals surface area (Å²) in [6.07, 6.45) is 2.74. The fraction of sp³-hybridized carbons (Fsp3) is 0.375. The molecule has 2 heterocycles. The van der Waals surface area contributed by atoms with Gasteiger partial charge < -0.3 is 30.8 Å². The average Bonchev–Trinajstić information content (AvgIpc) is 2.79. The van der Waals surface area contributed by atoms with E-state index in [-0.39, 0.29) is 23.7 Å². The van der Waals surface area contributed by atoms with E-state index in [4.69, 9.17) is 20.6 Å². The van der Waals surface area contributed by atoms with Crippen molar-refractivity contribution in [1.82, 2.24) is 10.2 Å². The topological polar surface area (TPSA) is 118 Å². The molecule has 4 N–H and O–H groups in total. The van der Waals surface area contributed by atoms with Crippen LogP contribution in [0.5, 0.6) is 5.75 Å². The molecule has 1 atom stereocenters. The summed E-state index contributed by atoms with van der Waals surface area (Å²) >= 11 is 0. The molecule has 1 saturated heterocycles. The first-order valence-electron chi connectivity index (χ1n) is 10.9. The third-order valence-corrected chi connectivity index (χ3v) is 6.24. The molecule has 1 fully saturated rings. The summed E-state index contributed by atoms with van der Waals surface area (Å²) in [5, 5.41) is 10.6. The molecule has 4 rings (SSSR count). The number of para-hydroxylation sites is 2. The predicted molar refractivity (Wildman–Crippen MR) is 121 cm³/mol. The van der Waals surface area contributed by atoms with Crippen molar-refractivity contribution < 1.29 is 19.1 Å². The predicted octanol–water partition coefficient (Wildman–Crippen LogP) is 3.51. The van der Waals surface area contributed by atoms with E-state index in [1.54, 1.807) is 30.0 Å². The summed E-state index contributed by atoms with van der Waals surface area (Å²) in [4.78, 5) is 26.9. The molecule has 0 aliphatic carbocycles. The van der Waals surface area contributed by atoms with Crippen molar-refractivity contribution in [2.24, 2.45) is 0 Å². The second kappa shape index (κ2) is 8.90. The highest BCUT2D eigenvalue weighted by molar-refractivity contribution is 6.03. The van der Waals surface area contributed by atoms with Crippen molar-refractivity contribution in [3.63, 3.8) is 0 Å². The molecular formula is C24H28N4O4. The fourth-order valence-corrected chi connectivity index (χ4v) is 4.51. The smallest absolute Gasteiger partial charge is 0.409 e. The van der Waals surface area contributed by atoms with Crippen LogP contribution in [0.2, 0.25) is 0 Å². The first-order chi connectivity index (χ1) is 15.5. The number of rotatable bonds is 4. The van der Waals surface area contributed by atoms with Crippen LogP contribution in [0.1, 0.15) is 53.7 Å². The van der Waals surface area contributed by atoms with Crippen LogP contribution in [0.3, 0.4) is 0 Å². The number of hydrogen-bond donors (Lipinski definition) is 3. The lowest BCUT2D eigenvalue weighted by molar-refractivity contribution is -0.0233. The summed E-state index contributed by atoms with van der Waals surface area (Å²) in [7, 11) is 0. The van der Waals surface area contributed by atoms with Gasteiger partial charge in [0.15, 0.2) is 0 Å². The lowest BCUT2D eigenvalue weighted by Gasteiger charge is -2.46. The van der Waals surface area contributed by atoms with Crippen LogP contribution < -0.4 is 15.8 Å². The molecule has 1 spiro atoms. The van der Waals surface area contributed by atoms with Crippen LogP contribution in [0.15, 0.2) is 42.5 Å². The largest absolute Gasteiger partial charge is 0.487 e. The monoisotopic (exact) mass is 436 g/mol. The molecule has 2 aromatic rings. The molecule has 0 radical (unpaired) electrons. The summed E-state index contributed by atoms with van der Waals surface area (Å²) < 4.78 is 11.6. The van der Waals surface area contributed by atoms with Gasteiger partial charge in [-0.25, -0.2) is 4.79 Å². The Morgan fingerprint density at radius 2 is 2.00 bits per heavy atom. The molecule has 2 aromatic carbocycles. The van der Waals surface area contributed by atoms with Gasteiger partial charge in [-0.1, -0.05) is 30.3 Å². The highest BCUT2D eigenvalue weighted by Gasteiger charge is 2.44. The molecule has 0 saturated carbocycles. The Kier molecular flexibility index (Phi) is 6.03. The molecule has 0 aromatic heterocycles. The van der Waals surface area contributed by atoms with Gasteiger partial charge in [-0.2, -0.15) is 0 Å². The van der Waals surface area contributed by atoms with Crippen LogP contribution in [0.25, 0.3) is 0 Å². The fourth-order valence-electron chi connectivity index (χ4n) is 4.51. The zero-order valence-corrected chi connectivity index (χ0v) is 18.1. The van der Waals surface area contributed by atoms with Gasteiger partial charge in [-0.15, -0.1) is 0 Å². The Balaban J connectivity index is 1.56. The molecule has 8 nitrogen and oxygen atoms in total. The molecule has 8 heteroatoms. The first-order valence-corrected chi connectivity index (χ1v) is 10.9. The van der Waals surface area contributed by atoms with Gasteiger partial charge >= 0.3 is 6.09 Å². The van der Waals surface area contributed by atoms with E-state index in [1.807, 2.05) is 24.3 Å². The zero-order chi connectivity index (χ0) is 22.7. The minimum atomic E-state index is -0.475. The zero-order valence-electron chi connectivity index (χ0n) is 18.1. The van der Waals surface area contributed by atoms with Crippen molar-refractivity contribution in [3.8, 4) is 5.75 Å². The van der Waals surface area contributed by atoms with Gasteiger partial charge in [-0.3, -0.25) is 4.79 Å². The maximum Gasteiger partial charge on any atom is 0.409 e. The van der Waals surface area contributed by atoms with Crippen LogP contribution in [-0.2, 0) is 4.74 Å². The van der Waals surface area contributed by atoms with Crippen molar-refractivity contribution >= 4 is 23.9 Å². The van der Waals surface area contributed by atoms with Crippen molar-refractivity contribution in [2.45, 2.75) is 37.8 Å². The Morgan fingerprint density at radius 3 is 2.72 bits per heavy atom. The number of hydrogen-bond acceptors (Lipinski definition) is 6. The number of nitrogens with one attached hydrogen (secondary N) is 2. The number of fused-ring (bicyclic) bond motifs is 1. The quantitative estimate of drug-likeness (QED) is 0.501. The molecular weight excluding hydrogens is 408 g/mol. The highest BCUT2D eigenvalue weighted by Crippen LogP contribution is 2.44. The second-order valence-corrected chi connectivity index (χ2v) is 8.19. The maximum absolute atomic E-state index is 13.1. The Bertz CT molecular complexity index is 1030. The Hall–Kier alpha value is -3.55. The summed E-state index contributed by atoms with van der Waals surface area (Å²) in [6.45, 7) is 3.22. The van der Waals surface area contributed by atoms with Crippen molar-refractivity contribution in [1.29, 1.82) is 5.41 Å². The minimum Gasteiger partial charge on any atom is -0.487 e. The summed E-state index contributed by atoms with van der Waals surface area (Å²) in [5.41, 5.74) is 7.70. The van der Waals surface area contributed by atoms with E-state index >= 15 is 0 Å². The van der Waals surface area contributed by atoms with Gasteiger partial charge in [0.05, 0.1) is 23.9 Å². The number of likely N-dealkylation sites (tertiary alicyclic amines) is 1. The number of ether oxygens (including phenoxy) is 2. The van der Waals surface area contributed by atoms with E-state index in [1.165, 1.54) is 0 Å². The Labute approximate surface area is 187 Å². The molecule has 168 valence electrons. The van der Waals surface area contributed by atoms with Crippen molar-refractivity contribution in [2.75, 3.05) is 25.4 Å². The van der Waals surface area contributed by atoms with E-state index in [2.05, 4.69) is 5.32 Å². The number of carbonyl (C=O) groups excluding carboxylic acids is 2. The van der Waals surface area contributed by atoms with Gasteiger partial charge in [-0.05, 0) is 19.1 Å². The lowest BCUT2D eigenvalue weighted by Crippen LogP contribution is -2.53. The number of piperidine rings is 1. The van der Waals surface area contributed by atoms with Gasteiger partial charge in [0.1, 0.15) is 11.4 Å². The number of nitrogens with two attached hydrogens (primary N) is 1. The third kappa shape index (κ3) is 4.12. The maximum atomic E-state index is 13.1. The molecule has 2 aliphatic heterocycles. The third-order valence-electron chi connectivity index (χ3n) is 6.24. The SMILES string of the molecule is CCOC(=O)N1CCC2(CC1)CC(NC(=O)c1cccc(C=N)c1N)c1ccccc1O2. The van der Waals surface area contributed by atoms with E-state index in [0.29, 0.717) is 50.1 Å². The number of amides is 2. The van der Waals surface area contributed by atoms with E-state index < -0.39 is 5.60 Å². The van der Waals surface area contributed by atoms with E-state index in [0.717, 1.165) is 17.5 Å². The van der Waals surface area contributed by atoms with Crippen LogP contribution in [-0.4, -0.2) is 48.4 Å². The number of benzene rings is 2. The number of nitrogen functional groups attached to an aromatic ring is 1. The second-order valence-electron chi connectivity index (χ2n) is 8.19.